The van der Waals surface area contributed by atoms with E-state index in [0.29, 0.717) is 11.3 Å². The first-order chi connectivity index (χ1) is 9.54. The van der Waals surface area contributed by atoms with E-state index in [0.717, 1.165) is 5.69 Å². The van der Waals surface area contributed by atoms with Crippen LogP contribution in [0, 0.1) is 11.3 Å². The molecule has 0 radical (unpaired) electrons. The summed E-state index contributed by atoms with van der Waals surface area (Å²) in [5.41, 5.74) is 1.34. The molecule has 1 aromatic heterocycles. The van der Waals surface area contributed by atoms with Gasteiger partial charge in [0, 0.05) is 7.05 Å². The smallest absolute Gasteiger partial charge is 0.371 e. The van der Waals surface area contributed by atoms with E-state index in [-0.39, 0.29) is 11.8 Å². The third kappa shape index (κ3) is 2.50. The number of para-hydroxylation sites is 1. The Morgan fingerprint density at radius 3 is 2.65 bits per heavy atom. The number of hydrogen-bond donors (Lipinski definition) is 1. The number of carboxylic acids is 1. The molecule has 1 atom stereocenters. The Hall–Kier alpha value is -2.74. The Morgan fingerprint density at radius 2 is 2.05 bits per heavy atom. The normalized spacial score (nSPS) is 11.7. The number of rotatable bonds is 4. The molecule has 2 rings (SSSR count). The molecule has 5 nitrogen and oxygen atoms in total. The number of anilines is 1. The number of furan rings is 1. The van der Waals surface area contributed by atoms with E-state index in [1.807, 2.05) is 31.0 Å². The van der Waals surface area contributed by atoms with Gasteiger partial charge in [-0.25, -0.2) is 4.79 Å². The van der Waals surface area contributed by atoms with E-state index in [2.05, 4.69) is 6.07 Å². The summed E-state index contributed by atoms with van der Waals surface area (Å²) in [6.07, 6.45) is 0. The predicted octanol–water partition coefficient (Wildman–Crippen LogP) is 3.05. The zero-order chi connectivity index (χ0) is 14.7. The van der Waals surface area contributed by atoms with Crippen molar-refractivity contribution in [3.8, 4) is 6.07 Å². The lowest BCUT2D eigenvalue weighted by Crippen LogP contribution is -2.22. The molecule has 2 aromatic rings. The molecule has 0 saturated carbocycles. The maximum atomic E-state index is 10.8. The van der Waals surface area contributed by atoms with Gasteiger partial charge in [0.05, 0.1) is 17.3 Å². The SMILES string of the molecule is CC(c1ccc(C(=O)O)o1)N(C)c1ccccc1C#N. The summed E-state index contributed by atoms with van der Waals surface area (Å²) >= 11 is 0. The summed E-state index contributed by atoms with van der Waals surface area (Å²) in [6.45, 7) is 1.89. The van der Waals surface area contributed by atoms with Crippen molar-refractivity contribution in [2.24, 2.45) is 0 Å². The van der Waals surface area contributed by atoms with Gasteiger partial charge in [-0.1, -0.05) is 12.1 Å². The van der Waals surface area contributed by atoms with Gasteiger partial charge in [0.25, 0.3) is 0 Å². The molecule has 1 heterocycles. The van der Waals surface area contributed by atoms with Gasteiger partial charge < -0.3 is 14.4 Å². The van der Waals surface area contributed by atoms with Crippen LogP contribution in [0.1, 0.15) is 34.8 Å². The second-order valence-corrected chi connectivity index (χ2v) is 4.42. The monoisotopic (exact) mass is 270 g/mol. The molecule has 0 aliphatic heterocycles. The van der Waals surface area contributed by atoms with E-state index < -0.39 is 5.97 Å². The van der Waals surface area contributed by atoms with Crippen LogP contribution >= 0.6 is 0 Å². The number of nitrogens with zero attached hydrogens (tertiary/aromatic N) is 2. The van der Waals surface area contributed by atoms with Crippen LogP contribution in [0.5, 0.6) is 0 Å². The Balaban J connectivity index is 2.30. The predicted molar refractivity (Wildman–Crippen MR) is 73.6 cm³/mol. The number of nitriles is 1. The second-order valence-electron chi connectivity index (χ2n) is 4.42. The highest BCUT2D eigenvalue weighted by molar-refractivity contribution is 5.84. The molecule has 102 valence electrons. The molecule has 1 aromatic carbocycles. The zero-order valence-electron chi connectivity index (χ0n) is 11.2. The van der Waals surface area contributed by atoms with Crippen molar-refractivity contribution in [1.82, 2.24) is 0 Å². The van der Waals surface area contributed by atoms with Gasteiger partial charge in [0.2, 0.25) is 5.76 Å². The lowest BCUT2D eigenvalue weighted by atomic mass is 10.1. The summed E-state index contributed by atoms with van der Waals surface area (Å²) < 4.78 is 5.30. The van der Waals surface area contributed by atoms with Crippen LogP contribution in [0.2, 0.25) is 0 Å². The van der Waals surface area contributed by atoms with Crippen LogP contribution in [0.15, 0.2) is 40.8 Å². The van der Waals surface area contributed by atoms with Gasteiger partial charge >= 0.3 is 5.97 Å². The Labute approximate surface area is 116 Å². The van der Waals surface area contributed by atoms with Crippen LogP contribution in [0.3, 0.4) is 0 Å². The molecule has 1 N–H and O–H groups in total. The zero-order valence-corrected chi connectivity index (χ0v) is 11.2. The van der Waals surface area contributed by atoms with Crippen molar-refractivity contribution in [2.45, 2.75) is 13.0 Å². The van der Waals surface area contributed by atoms with Crippen molar-refractivity contribution in [3.05, 3.63) is 53.5 Å². The minimum atomic E-state index is -1.09. The fraction of sp³-hybridized carbons (Fsp3) is 0.200. The maximum Gasteiger partial charge on any atom is 0.371 e. The van der Waals surface area contributed by atoms with Crippen LogP contribution in [-0.2, 0) is 0 Å². The molecule has 0 spiro atoms. The van der Waals surface area contributed by atoms with Gasteiger partial charge in [0.15, 0.2) is 0 Å². The first kappa shape index (κ1) is 13.7. The summed E-state index contributed by atoms with van der Waals surface area (Å²) in [7, 11) is 1.84. The van der Waals surface area contributed by atoms with E-state index in [1.54, 1.807) is 18.2 Å². The summed E-state index contributed by atoms with van der Waals surface area (Å²) in [4.78, 5) is 12.7. The highest BCUT2D eigenvalue weighted by atomic mass is 16.4. The number of carboxylic acid groups (broad SMARTS) is 1. The Morgan fingerprint density at radius 1 is 1.35 bits per heavy atom. The van der Waals surface area contributed by atoms with Crippen LogP contribution in [0.4, 0.5) is 5.69 Å². The Kier molecular flexibility index (Phi) is 3.76. The van der Waals surface area contributed by atoms with Gasteiger partial charge in [-0.2, -0.15) is 5.26 Å². The molecule has 0 amide bonds. The van der Waals surface area contributed by atoms with Crippen molar-refractivity contribution in [2.75, 3.05) is 11.9 Å². The number of aromatic carboxylic acids is 1. The third-order valence-electron chi connectivity index (χ3n) is 3.23. The van der Waals surface area contributed by atoms with Gasteiger partial charge in [-0.05, 0) is 31.2 Å². The van der Waals surface area contributed by atoms with Crippen LogP contribution < -0.4 is 4.90 Å². The molecular formula is C15H14N2O3. The van der Waals surface area contributed by atoms with Gasteiger partial charge in [-0.15, -0.1) is 0 Å². The highest BCUT2D eigenvalue weighted by Gasteiger charge is 2.19. The lowest BCUT2D eigenvalue weighted by Gasteiger charge is -2.26. The minimum Gasteiger partial charge on any atom is -0.475 e. The average molecular weight is 270 g/mol. The van der Waals surface area contributed by atoms with Crippen molar-refractivity contribution in [1.29, 1.82) is 5.26 Å². The average Bonchev–Trinajstić information content (AvgIpc) is 2.95. The standard InChI is InChI=1S/C15H14N2O3/c1-10(13-7-8-14(20-13)15(18)19)17(2)12-6-4-3-5-11(12)9-16/h3-8,10H,1-2H3,(H,18,19). The highest BCUT2D eigenvalue weighted by Crippen LogP contribution is 2.28. The van der Waals surface area contributed by atoms with Crippen LogP contribution in [-0.4, -0.2) is 18.1 Å². The van der Waals surface area contributed by atoms with Crippen LogP contribution in [0.25, 0.3) is 0 Å². The fourth-order valence-corrected chi connectivity index (χ4v) is 1.97. The third-order valence-corrected chi connectivity index (χ3v) is 3.23. The number of carbonyl (C=O) groups is 1. The first-order valence-corrected chi connectivity index (χ1v) is 6.09. The fourth-order valence-electron chi connectivity index (χ4n) is 1.97. The van der Waals surface area contributed by atoms with E-state index >= 15 is 0 Å². The van der Waals surface area contributed by atoms with Crippen molar-refractivity contribution < 1.29 is 14.3 Å². The number of hydrogen-bond acceptors (Lipinski definition) is 4. The molecular weight excluding hydrogens is 256 g/mol. The minimum absolute atomic E-state index is 0.0891. The summed E-state index contributed by atoms with van der Waals surface area (Å²) in [5.74, 6) is -0.644. The van der Waals surface area contributed by atoms with Crippen molar-refractivity contribution >= 4 is 11.7 Å². The van der Waals surface area contributed by atoms with Gasteiger partial charge in [0.1, 0.15) is 11.8 Å². The maximum absolute atomic E-state index is 10.8. The molecule has 0 saturated heterocycles. The van der Waals surface area contributed by atoms with E-state index in [4.69, 9.17) is 14.8 Å². The first-order valence-electron chi connectivity index (χ1n) is 6.09. The summed E-state index contributed by atoms with van der Waals surface area (Å²) in [6, 6.07) is 12.3. The molecule has 0 aliphatic carbocycles. The topological polar surface area (TPSA) is 77.5 Å². The number of benzene rings is 1. The molecule has 5 heteroatoms. The molecule has 0 fully saturated rings. The molecule has 1 unspecified atom stereocenters. The molecule has 20 heavy (non-hydrogen) atoms. The summed E-state index contributed by atoms with van der Waals surface area (Å²) in [5, 5.41) is 18.0. The van der Waals surface area contributed by atoms with E-state index in [1.165, 1.54) is 6.07 Å². The lowest BCUT2D eigenvalue weighted by molar-refractivity contribution is 0.0660. The largest absolute Gasteiger partial charge is 0.475 e. The Bertz CT molecular complexity index is 670. The molecule has 0 bridgehead atoms. The van der Waals surface area contributed by atoms with E-state index in [9.17, 15) is 4.79 Å². The van der Waals surface area contributed by atoms with Crippen molar-refractivity contribution in [3.63, 3.8) is 0 Å². The van der Waals surface area contributed by atoms with Gasteiger partial charge in [-0.3, -0.25) is 0 Å². The molecule has 0 aliphatic rings. The quantitative estimate of drug-likeness (QED) is 0.923. The second kappa shape index (κ2) is 5.49.